The highest BCUT2D eigenvalue weighted by atomic mass is 32.1. The molecule has 3 nitrogen and oxygen atoms in total. The lowest BCUT2D eigenvalue weighted by Crippen LogP contribution is -2.31. The summed E-state index contributed by atoms with van der Waals surface area (Å²) in [6.45, 7) is 4.39. The summed E-state index contributed by atoms with van der Waals surface area (Å²) in [5, 5.41) is 13.5. The van der Waals surface area contributed by atoms with Crippen LogP contribution in [0.4, 0.5) is 0 Å². The molecular formula is C18H24N2OS. The van der Waals surface area contributed by atoms with E-state index in [1.54, 1.807) is 11.3 Å². The molecule has 3 rings (SSSR count). The molecule has 0 aliphatic heterocycles. The number of hydrogen-bond acceptors (Lipinski definition) is 4. The number of hydrogen-bond donors (Lipinski definition) is 1. The van der Waals surface area contributed by atoms with Crippen LogP contribution in [0.2, 0.25) is 0 Å². The first-order valence-corrected chi connectivity index (χ1v) is 9.01. The van der Waals surface area contributed by atoms with E-state index in [2.05, 4.69) is 34.5 Å². The average Bonchev–Trinajstić information content (AvgIpc) is 3.28. The highest BCUT2D eigenvalue weighted by molar-refractivity contribution is 7.09. The molecule has 1 aliphatic carbocycles. The third-order valence-corrected chi connectivity index (χ3v) is 5.13. The molecule has 1 aliphatic rings. The molecule has 1 unspecified atom stereocenters. The summed E-state index contributed by atoms with van der Waals surface area (Å²) in [6.07, 6.45) is 3.12. The van der Waals surface area contributed by atoms with Crippen LogP contribution in [-0.4, -0.2) is 27.6 Å². The van der Waals surface area contributed by atoms with Gasteiger partial charge < -0.3 is 5.11 Å². The van der Waals surface area contributed by atoms with E-state index in [-0.39, 0.29) is 6.10 Å². The maximum atomic E-state index is 10.0. The minimum absolute atomic E-state index is 0.273. The lowest BCUT2D eigenvalue weighted by molar-refractivity contribution is 0.101. The number of aliphatic hydroxyl groups is 1. The summed E-state index contributed by atoms with van der Waals surface area (Å²) in [5.74, 6) is 0.725. The van der Waals surface area contributed by atoms with Crippen molar-refractivity contribution >= 4 is 11.3 Å². The molecule has 1 aromatic carbocycles. The minimum Gasteiger partial charge on any atom is -0.392 e. The summed E-state index contributed by atoms with van der Waals surface area (Å²) < 4.78 is 0. The molecule has 0 bridgehead atoms. The Bertz CT molecular complexity index is 580. The standard InChI is InChI=1S/C18H24N2OS/c1-2-17(21)12-20(10-14-6-4-3-5-7-14)11-16-13-22-18(19-16)15-8-9-15/h3-7,13,15,17,21H,2,8-12H2,1H3. The molecule has 0 spiro atoms. The fraction of sp³-hybridized carbons (Fsp3) is 0.500. The summed E-state index contributed by atoms with van der Waals surface area (Å²) >= 11 is 1.79. The smallest absolute Gasteiger partial charge is 0.0959 e. The van der Waals surface area contributed by atoms with Gasteiger partial charge >= 0.3 is 0 Å². The van der Waals surface area contributed by atoms with Gasteiger partial charge in [0.15, 0.2) is 0 Å². The first-order chi connectivity index (χ1) is 10.7. The molecule has 1 N–H and O–H groups in total. The first kappa shape index (κ1) is 15.7. The molecule has 1 saturated carbocycles. The molecule has 0 saturated heterocycles. The van der Waals surface area contributed by atoms with Crippen molar-refractivity contribution in [1.82, 2.24) is 9.88 Å². The zero-order valence-corrected chi connectivity index (χ0v) is 13.9. The molecule has 1 heterocycles. The number of thiazole rings is 1. The Morgan fingerprint density at radius 1 is 1.27 bits per heavy atom. The molecule has 2 aromatic rings. The number of nitrogens with zero attached hydrogens (tertiary/aromatic N) is 2. The van der Waals surface area contributed by atoms with Gasteiger partial charge in [0.2, 0.25) is 0 Å². The van der Waals surface area contributed by atoms with Crippen LogP contribution in [0.25, 0.3) is 0 Å². The van der Waals surface area contributed by atoms with Crippen molar-refractivity contribution in [2.75, 3.05) is 6.54 Å². The maximum absolute atomic E-state index is 10.0. The van der Waals surface area contributed by atoms with Gasteiger partial charge in [0, 0.05) is 30.9 Å². The van der Waals surface area contributed by atoms with Gasteiger partial charge in [0.25, 0.3) is 0 Å². The monoisotopic (exact) mass is 316 g/mol. The maximum Gasteiger partial charge on any atom is 0.0959 e. The molecule has 4 heteroatoms. The molecule has 0 amide bonds. The highest BCUT2D eigenvalue weighted by Gasteiger charge is 2.26. The summed E-state index contributed by atoms with van der Waals surface area (Å²) in [7, 11) is 0. The van der Waals surface area contributed by atoms with Crippen LogP contribution in [0, 0.1) is 0 Å². The van der Waals surface area contributed by atoms with Crippen LogP contribution in [0.3, 0.4) is 0 Å². The van der Waals surface area contributed by atoms with E-state index in [1.165, 1.54) is 23.4 Å². The number of benzene rings is 1. The molecule has 0 radical (unpaired) electrons. The van der Waals surface area contributed by atoms with E-state index in [4.69, 9.17) is 4.98 Å². The second-order valence-corrected chi connectivity index (χ2v) is 7.06. The minimum atomic E-state index is -0.273. The van der Waals surface area contributed by atoms with Crippen molar-refractivity contribution in [3.8, 4) is 0 Å². The zero-order chi connectivity index (χ0) is 15.4. The third-order valence-electron chi connectivity index (χ3n) is 4.07. The van der Waals surface area contributed by atoms with Crippen molar-refractivity contribution in [3.05, 3.63) is 52.0 Å². The predicted molar refractivity (Wildman–Crippen MR) is 90.9 cm³/mol. The van der Waals surface area contributed by atoms with E-state index in [0.717, 1.165) is 31.1 Å². The zero-order valence-electron chi connectivity index (χ0n) is 13.1. The Kier molecular flexibility index (Phi) is 5.24. The SMILES string of the molecule is CCC(O)CN(Cc1ccccc1)Cc1csc(C2CC2)n1. The Hall–Kier alpha value is -1.23. The van der Waals surface area contributed by atoms with Crippen LogP contribution in [-0.2, 0) is 13.1 Å². The topological polar surface area (TPSA) is 36.4 Å². The van der Waals surface area contributed by atoms with Gasteiger partial charge in [0.1, 0.15) is 0 Å². The van der Waals surface area contributed by atoms with Gasteiger partial charge in [0.05, 0.1) is 16.8 Å². The van der Waals surface area contributed by atoms with E-state index in [0.29, 0.717) is 6.54 Å². The second-order valence-electron chi connectivity index (χ2n) is 6.17. The average molecular weight is 316 g/mol. The molecule has 1 fully saturated rings. The van der Waals surface area contributed by atoms with Crippen LogP contribution >= 0.6 is 11.3 Å². The Labute approximate surface area is 136 Å². The van der Waals surface area contributed by atoms with Crippen LogP contribution in [0.1, 0.15) is 48.4 Å². The van der Waals surface area contributed by atoms with E-state index < -0.39 is 0 Å². The van der Waals surface area contributed by atoms with Crippen molar-refractivity contribution < 1.29 is 5.11 Å². The summed E-state index contributed by atoms with van der Waals surface area (Å²) in [5.41, 5.74) is 2.43. The lowest BCUT2D eigenvalue weighted by atomic mass is 10.2. The van der Waals surface area contributed by atoms with Gasteiger partial charge in [-0.3, -0.25) is 4.90 Å². The van der Waals surface area contributed by atoms with Crippen molar-refractivity contribution in [2.45, 2.75) is 51.3 Å². The van der Waals surface area contributed by atoms with E-state index in [9.17, 15) is 5.11 Å². The Morgan fingerprint density at radius 2 is 2.05 bits per heavy atom. The molecular weight excluding hydrogens is 292 g/mol. The normalized spacial score (nSPS) is 16.1. The molecule has 22 heavy (non-hydrogen) atoms. The highest BCUT2D eigenvalue weighted by Crippen LogP contribution is 2.41. The molecule has 1 aromatic heterocycles. The van der Waals surface area contributed by atoms with Crippen LogP contribution in [0.5, 0.6) is 0 Å². The number of aliphatic hydroxyl groups excluding tert-OH is 1. The van der Waals surface area contributed by atoms with Crippen molar-refractivity contribution in [3.63, 3.8) is 0 Å². The van der Waals surface area contributed by atoms with Crippen molar-refractivity contribution in [1.29, 1.82) is 0 Å². The Balaban J connectivity index is 1.66. The summed E-state index contributed by atoms with van der Waals surface area (Å²) in [4.78, 5) is 7.08. The van der Waals surface area contributed by atoms with E-state index >= 15 is 0 Å². The largest absolute Gasteiger partial charge is 0.392 e. The van der Waals surface area contributed by atoms with Crippen molar-refractivity contribution in [2.24, 2.45) is 0 Å². The number of rotatable bonds is 8. The van der Waals surface area contributed by atoms with Gasteiger partial charge in [-0.15, -0.1) is 11.3 Å². The molecule has 118 valence electrons. The third kappa shape index (κ3) is 4.38. The van der Waals surface area contributed by atoms with Crippen LogP contribution < -0.4 is 0 Å². The first-order valence-electron chi connectivity index (χ1n) is 8.13. The molecule has 1 atom stereocenters. The van der Waals surface area contributed by atoms with Gasteiger partial charge in [-0.1, -0.05) is 37.3 Å². The predicted octanol–water partition coefficient (Wildman–Crippen LogP) is 3.79. The van der Waals surface area contributed by atoms with Gasteiger partial charge in [-0.2, -0.15) is 0 Å². The van der Waals surface area contributed by atoms with Gasteiger partial charge in [-0.05, 0) is 24.8 Å². The quantitative estimate of drug-likeness (QED) is 0.805. The Morgan fingerprint density at radius 3 is 2.73 bits per heavy atom. The van der Waals surface area contributed by atoms with Crippen LogP contribution in [0.15, 0.2) is 35.7 Å². The fourth-order valence-corrected chi connectivity index (χ4v) is 3.58. The fourth-order valence-electron chi connectivity index (χ4n) is 2.60. The van der Waals surface area contributed by atoms with Gasteiger partial charge in [-0.25, -0.2) is 4.98 Å². The second kappa shape index (κ2) is 7.36. The lowest BCUT2D eigenvalue weighted by Gasteiger charge is -2.24. The number of aromatic nitrogens is 1. The van der Waals surface area contributed by atoms with E-state index in [1.807, 2.05) is 13.0 Å². The summed E-state index contributed by atoms with van der Waals surface area (Å²) in [6, 6.07) is 10.5.